The SMILES string of the molecule is CC(=O)c1ccc(Cn2nc(C)c(NC(=O)c3cc(C(N)=O)c4ccc(F)cc4n3)c2C)cc1. The van der Waals surface area contributed by atoms with Gasteiger partial charge in [0.2, 0.25) is 5.91 Å². The molecule has 2 amide bonds. The number of ketones is 1. The van der Waals surface area contributed by atoms with E-state index in [1.54, 1.807) is 23.7 Å². The van der Waals surface area contributed by atoms with Crippen LogP contribution in [0.25, 0.3) is 10.9 Å². The zero-order valence-electron chi connectivity index (χ0n) is 18.8. The van der Waals surface area contributed by atoms with E-state index >= 15 is 0 Å². The van der Waals surface area contributed by atoms with E-state index in [1.165, 1.54) is 25.1 Å². The molecule has 0 spiro atoms. The van der Waals surface area contributed by atoms with Gasteiger partial charge in [0.25, 0.3) is 5.91 Å². The maximum Gasteiger partial charge on any atom is 0.274 e. The highest BCUT2D eigenvalue weighted by atomic mass is 19.1. The van der Waals surface area contributed by atoms with Crippen molar-refractivity contribution in [2.45, 2.75) is 27.3 Å². The minimum Gasteiger partial charge on any atom is -0.366 e. The molecular weight excluding hydrogens is 437 g/mol. The lowest BCUT2D eigenvalue weighted by molar-refractivity contribution is 0.0997. The predicted molar refractivity (Wildman–Crippen MR) is 125 cm³/mol. The van der Waals surface area contributed by atoms with Crippen LogP contribution in [-0.2, 0) is 6.54 Å². The number of pyridine rings is 1. The Bertz CT molecular complexity index is 1460. The predicted octanol–water partition coefficient (Wildman–Crippen LogP) is 3.79. The van der Waals surface area contributed by atoms with Crippen molar-refractivity contribution in [1.29, 1.82) is 0 Å². The van der Waals surface area contributed by atoms with Crippen LogP contribution < -0.4 is 11.1 Å². The molecule has 9 heteroatoms. The van der Waals surface area contributed by atoms with Crippen molar-refractivity contribution in [3.05, 3.63) is 88.1 Å². The number of nitrogens with one attached hydrogen (secondary N) is 1. The number of hydrogen-bond donors (Lipinski definition) is 2. The van der Waals surface area contributed by atoms with Crippen LogP contribution in [-0.4, -0.2) is 32.4 Å². The van der Waals surface area contributed by atoms with Crippen molar-refractivity contribution in [1.82, 2.24) is 14.8 Å². The Kier molecular flexibility index (Phi) is 5.93. The van der Waals surface area contributed by atoms with Gasteiger partial charge in [-0.3, -0.25) is 19.1 Å². The van der Waals surface area contributed by atoms with E-state index < -0.39 is 17.6 Å². The van der Waals surface area contributed by atoms with E-state index in [9.17, 15) is 18.8 Å². The molecule has 0 saturated carbocycles. The van der Waals surface area contributed by atoms with Crippen molar-refractivity contribution in [3.63, 3.8) is 0 Å². The summed E-state index contributed by atoms with van der Waals surface area (Å²) in [6.07, 6.45) is 0. The second kappa shape index (κ2) is 8.86. The van der Waals surface area contributed by atoms with Gasteiger partial charge in [-0.25, -0.2) is 9.37 Å². The first-order valence-electron chi connectivity index (χ1n) is 10.5. The van der Waals surface area contributed by atoms with Crippen molar-refractivity contribution in [2.24, 2.45) is 5.73 Å². The molecule has 0 atom stereocenters. The lowest BCUT2D eigenvalue weighted by Crippen LogP contribution is -2.18. The molecule has 3 N–H and O–H groups in total. The monoisotopic (exact) mass is 459 g/mol. The Hall–Kier alpha value is -4.40. The number of carbonyl (C=O) groups is 3. The summed E-state index contributed by atoms with van der Waals surface area (Å²) in [5.41, 5.74) is 9.00. The highest BCUT2D eigenvalue weighted by Crippen LogP contribution is 2.23. The number of nitrogens with zero attached hydrogens (tertiary/aromatic N) is 3. The van der Waals surface area contributed by atoms with Gasteiger partial charge in [0.15, 0.2) is 5.78 Å². The molecule has 0 aliphatic heterocycles. The quantitative estimate of drug-likeness (QED) is 0.425. The van der Waals surface area contributed by atoms with Crippen LogP contribution in [0.2, 0.25) is 0 Å². The van der Waals surface area contributed by atoms with Gasteiger partial charge in [-0.05, 0) is 44.5 Å². The van der Waals surface area contributed by atoms with Gasteiger partial charge in [0.05, 0.1) is 34.7 Å². The summed E-state index contributed by atoms with van der Waals surface area (Å²) in [4.78, 5) is 40.6. The van der Waals surface area contributed by atoms with Gasteiger partial charge in [0, 0.05) is 17.0 Å². The molecule has 0 fully saturated rings. The Morgan fingerprint density at radius 1 is 1.06 bits per heavy atom. The van der Waals surface area contributed by atoms with E-state index in [0.29, 0.717) is 34.6 Å². The van der Waals surface area contributed by atoms with Crippen molar-refractivity contribution >= 4 is 34.2 Å². The number of Topliss-reactive ketones (excluding diaryl/α,β-unsaturated/α-hetero) is 1. The maximum absolute atomic E-state index is 13.7. The van der Waals surface area contributed by atoms with Crippen LogP contribution in [0, 0.1) is 19.7 Å². The number of fused-ring (bicyclic) bond motifs is 1. The third kappa shape index (κ3) is 4.40. The highest BCUT2D eigenvalue weighted by Gasteiger charge is 2.19. The van der Waals surface area contributed by atoms with Gasteiger partial charge < -0.3 is 11.1 Å². The van der Waals surface area contributed by atoms with Crippen LogP contribution in [0.3, 0.4) is 0 Å². The van der Waals surface area contributed by atoms with E-state index in [1.807, 2.05) is 19.1 Å². The van der Waals surface area contributed by atoms with Crippen molar-refractivity contribution in [2.75, 3.05) is 5.32 Å². The summed E-state index contributed by atoms with van der Waals surface area (Å²) < 4.78 is 15.5. The molecule has 4 rings (SSSR count). The minimum atomic E-state index is -0.746. The number of benzene rings is 2. The van der Waals surface area contributed by atoms with Gasteiger partial charge in [-0.2, -0.15) is 5.10 Å². The van der Waals surface area contributed by atoms with Gasteiger partial charge in [-0.1, -0.05) is 24.3 Å². The first-order chi connectivity index (χ1) is 16.1. The number of aryl methyl sites for hydroxylation is 1. The third-order valence-electron chi connectivity index (χ3n) is 5.58. The number of hydrogen-bond acceptors (Lipinski definition) is 5. The molecule has 0 aliphatic rings. The summed E-state index contributed by atoms with van der Waals surface area (Å²) in [6, 6.07) is 12.3. The summed E-state index contributed by atoms with van der Waals surface area (Å²) in [5, 5.41) is 7.67. The molecule has 0 saturated heterocycles. The molecule has 34 heavy (non-hydrogen) atoms. The second-order valence-electron chi connectivity index (χ2n) is 7.99. The molecule has 2 heterocycles. The zero-order chi connectivity index (χ0) is 24.6. The number of nitrogens with two attached hydrogens (primary N) is 1. The van der Waals surface area contributed by atoms with Crippen LogP contribution >= 0.6 is 0 Å². The normalized spacial score (nSPS) is 10.9. The summed E-state index contributed by atoms with van der Waals surface area (Å²) in [7, 11) is 0. The number of primary amides is 1. The van der Waals surface area contributed by atoms with Gasteiger partial charge in [-0.15, -0.1) is 0 Å². The summed E-state index contributed by atoms with van der Waals surface area (Å²) in [5.74, 6) is -1.88. The fourth-order valence-corrected chi connectivity index (χ4v) is 3.75. The van der Waals surface area contributed by atoms with Gasteiger partial charge >= 0.3 is 0 Å². The molecule has 2 aromatic heterocycles. The number of anilines is 1. The molecule has 172 valence electrons. The van der Waals surface area contributed by atoms with Crippen LogP contribution in [0.1, 0.15) is 55.1 Å². The average molecular weight is 459 g/mol. The average Bonchev–Trinajstić information content (AvgIpc) is 3.05. The Morgan fingerprint density at radius 2 is 1.76 bits per heavy atom. The molecule has 2 aromatic carbocycles. The first-order valence-corrected chi connectivity index (χ1v) is 10.5. The lowest BCUT2D eigenvalue weighted by atomic mass is 10.1. The molecule has 0 radical (unpaired) electrons. The van der Waals surface area contributed by atoms with E-state index in [0.717, 1.165) is 11.6 Å². The molecule has 0 bridgehead atoms. The third-order valence-corrected chi connectivity index (χ3v) is 5.58. The Balaban J connectivity index is 1.62. The molecule has 8 nitrogen and oxygen atoms in total. The maximum atomic E-state index is 13.7. The molecule has 4 aromatic rings. The topological polar surface area (TPSA) is 120 Å². The van der Waals surface area contributed by atoms with Crippen LogP contribution in [0.4, 0.5) is 10.1 Å². The zero-order valence-corrected chi connectivity index (χ0v) is 18.8. The highest BCUT2D eigenvalue weighted by molar-refractivity contribution is 6.10. The molecule has 0 aliphatic carbocycles. The van der Waals surface area contributed by atoms with E-state index in [2.05, 4.69) is 15.4 Å². The van der Waals surface area contributed by atoms with E-state index in [4.69, 9.17) is 5.73 Å². The first kappa shape index (κ1) is 22.8. The van der Waals surface area contributed by atoms with Gasteiger partial charge in [0.1, 0.15) is 11.5 Å². The number of rotatable bonds is 6. The standard InChI is InChI=1S/C25H22FN5O3/c1-13-23(14(2)31(30-13)12-16-4-6-17(7-5-16)15(3)32)29-25(34)22-11-20(24(27)33)19-9-8-18(26)10-21(19)28-22/h4-11H,12H2,1-3H3,(H2,27,33)(H,29,34). The number of halogens is 1. The fourth-order valence-electron chi connectivity index (χ4n) is 3.75. The molecular formula is C25H22FN5O3. The van der Waals surface area contributed by atoms with Crippen molar-refractivity contribution in [3.8, 4) is 0 Å². The Morgan fingerprint density at radius 3 is 2.41 bits per heavy atom. The number of carbonyl (C=O) groups excluding carboxylic acids is 3. The van der Waals surface area contributed by atoms with E-state index in [-0.39, 0.29) is 22.6 Å². The van der Waals surface area contributed by atoms with Crippen LogP contribution in [0.15, 0.2) is 48.5 Å². The largest absolute Gasteiger partial charge is 0.366 e. The summed E-state index contributed by atoms with van der Waals surface area (Å²) in [6.45, 7) is 5.53. The van der Waals surface area contributed by atoms with Crippen molar-refractivity contribution < 1.29 is 18.8 Å². The Labute approximate surface area is 194 Å². The fraction of sp³-hybridized carbons (Fsp3) is 0.160. The second-order valence-corrected chi connectivity index (χ2v) is 7.99. The number of amides is 2. The smallest absolute Gasteiger partial charge is 0.274 e. The summed E-state index contributed by atoms with van der Waals surface area (Å²) >= 11 is 0. The number of aromatic nitrogens is 3. The lowest BCUT2D eigenvalue weighted by Gasteiger charge is -2.10. The van der Waals surface area contributed by atoms with Crippen LogP contribution in [0.5, 0.6) is 0 Å². The molecule has 0 unspecified atom stereocenters. The minimum absolute atomic E-state index is 0.00723.